The first-order valence-electron chi connectivity index (χ1n) is 14.2. The molecule has 0 radical (unpaired) electrons. The molecule has 1 saturated heterocycles. The number of benzene rings is 4. The van der Waals surface area contributed by atoms with E-state index >= 15 is 0 Å². The Balaban J connectivity index is 1.53. The van der Waals surface area contributed by atoms with Crippen LogP contribution >= 0.6 is 0 Å². The van der Waals surface area contributed by atoms with Gasteiger partial charge in [0.25, 0.3) is 0 Å². The third-order valence-corrected chi connectivity index (χ3v) is 8.00. The molecule has 1 amide bonds. The van der Waals surface area contributed by atoms with Gasteiger partial charge in [0.15, 0.2) is 0 Å². The molecule has 4 aromatic carbocycles. The molecule has 10 heteroatoms. The van der Waals surface area contributed by atoms with E-state index in [1.165, 1.54) is 12.0 Å². The molecule has 1 aliphatic rings. The number of ether oxygens (including phenoxy) is 3. The Morgan fingerprint density at radius 3 is 2.31 bits per heavy atom. The third-order valence-electron chi connectivity index (χ3n) is 8.00. The van der Waals surface area contributed by atoms with Gasteiger partial charge in [0, 0.05) is 28.9 Å². The minimum absolute atomic E-state index is 0.0396. The van der Waals surface area contributed by atoms with Crippen molar-refractivity contribution in [2.75, 3.05) is 20.0 Å². The Morgan fingerprint density at radius 2 is 1.64 bits per heavy atom. The number of hydrogen-bond acceptors (Lipinski definition) is 6. The van der Waals surface area contributed by atoms with E-state index in [0.29, 0.717) is 33.7 Å². The molecule has 5 rings (SSSR count). The van der Waals surface area contributed by atoms with E-state index in [0.717, 1.165) is 39.9 Å². The molecule has 1 aliphatic heterocycles. The van der Waals surface area contributed by atoms with E-state index in [-0.39, 0.29) is 6.54 Å². The van der Waals surface area contributed by atoms with Crippen LogP contribution in [0.1, 0.15) is 51.2 Å². The molecular formula is C35H33F3N2O5. The monoisotopic (exact) mass is 618 g/mol. The van der Waals surface area contributed by atoms with Crippen molar-refractivity contribution in [3.63, 3.8) is 0 Å². The number of nitrogens with zero attached hydrogens (tertiary/aromatic N) is 1. The summed E-state index contributed by atoms with van der Waals surface area (Å²) in [5, 5.41) is 0. The predicted octanol–water partition coefficient (Wildman–Crippen LogP) is 8.12. The topological polar surface area (TPSA) is 91.1 Å². The van der Waals surface area contributed by atoms with Gasteiger partial charge < -0.3 is 19.9 Å². The highest BCUT2D eigenvalue weighted by Gasteiger charge is 2.41. The molecule has 0 saturated carbocycles. The average Bonchev–Trinajstić information content (AvgIpc) is 3.27. The van der Waals surface area contributed by atoms with Crippen LogP contribution < -0.4 is 10.5 Å². The van der Waals surface area contributed by atoms with Crippen molar-refractivity contribution in [1.29, 1.82) is 0 Å². The van der Waals surface area contributed by atoms with Gasteiger partial charge in [0.05, 0.1) is 31.4 Å². The lowest BCUT2D eigenvalue weighted by Crippen LogP contribution is -2.31. The predicted molar refractivity (Wildman–Crippen MR) is 165 cm³/mol. The van der Waals surface area contributed by atoms with Crippen LogP contribution in [-0.2, 0) is 22.2 Å². The van der Waals surface area contributed by atoms with Crippen LogP contribution in [0.4, 0.5) is 23.7 Å². The van der Waals surface area contributed by atoms with Gasteiger partial charge in [-0.2, -0.15) is 13.2 Å². The van der Waals surface area contributed by atoms with Crippen LogP contribution in [0.15, 0.2) is 72.8 Å². The molecule has 0 aromatic heterocycles. The Morgan fingerprint density at radius 1 is 0.911 bits per heavy atom. The largest absolute Gasteiger partial charge is 0.496 e. The van der Waals surface area contributed by atoms with Gasteiger partial charge >= 0.3 is 18.2 Å². The van der Waals surface area contributed by atoms with Gasteiger partial charge in [-0.05, 0) is 73.9 Å². The molecule has 2 atom stereocenters. The lowest BCUT2D eigenvalue weighted by Gasteiger charge is -2.24. The van der Waals surface area contributed by atoms with Crippen molar-refractivity contribution < 1.29 is 37.0 Å². The Kier molecular flexibility index (Phi) is 8.51. The lowest BCUT2D eigenvalue weighted by atomic mass is 9.89. The van der Waals surface area contributed by atoms with Gasteiger partial charge in [0.2, 0.25) is 0 Å². The van der Waals surface area contributed by atoms with E-state index in [2.05, 4.69) is 0 Å². The van der Waals surface area contributed by atoms with Crippen LogP contribution in [0, 0.1) is 13.8 Å². The normalized spacial score (nSPS) is 16.4. The summed E-state index contributed by atoms with van der Waals surface area (Å²) in [6.45, 7) is 5.30. The number of methoxy groups -OCH3 is 2. The van der Waals surface area contributed by atoms with E-state index < -0.39 is 35.9 Å². The van der Waals surface area contributed by atoms with Crippen molar-refractivity contribution in [2.45, 2.75) is 45.6 Å². The zero-order valence-electron chi connectivity index (χ0n) is 25.5. The number of hydrogen-bond donors (Lipinski definition) is 1. The van der Waals surface area contributed by atoms with Gasteiger partial charge in [0.1, 0.15) is 11.9 Å². The summed E-state index contributed by atoms with van der Waals surface area (Å²) in [5.41, 5.74) is 11.7. The molecule has 234 valence electrons. The zero-order chi connectivity index (χ0) is 32.6. The maximum Gasteiger partial charge on any atom is 0.416 e. The lowest BCUT2D eigenvalue weighted by molar-refractivity contribution is -0.137. The van der Waals surface area contributed by atoms with Gasteiger partial charge in [-0.1, -0.05) is 47.5 Å². The molecule has 2 N–H and O–H groups in total. The maximum atomic E-state index is 13.5. The molecule has 1 unspecified atom stereocenters. The number of rotatable bonds is 7. The van der Waals surface area contributed by atoms with Gasteiger partial charge in [-0.25, -0.2) is 9.59 Å². The zero-order valence-corrected chi connectivity index (χ0v) is 25.5. The van der Waals surface area contributed by atoms with E-state index in [1.807, 2.05) is 50.2 Å². The number of halogens is 3. The number of alkyl halides is 3. The standard InChI is InChI=1S/C35H33F3N2O5/c1-19-6-9-27(28-16-23(8-11-31(28)43-4)26-10-7-24(17-30(26)39)33(41)44-5)29(14-19)32-21(3)40(34(42)45-32)18-22-12-20(2)13-25(15-22)35(36,37)38/h6-17,21,32H,18,39H2,1-5H3/t21-,32?/m1/s1. The Bertz CT molecular complexity index is 1790. The van der Waals surface area contributed by atoms with Crippen molar-refractivity contribution >= 4 is 17.7 Å². The fourth-order valence-corrected chi connectivity index (χ4v) is 5.77. The molecule has 0 bridgehead atoms. The smallest absolute Gasteiger partial charge is 0.416 e. The fourth-order valence-electron chi connectivity index (χ4n) is 5.77. The second-order valence-corrected chi connectivity index (χ2v) is 11.2. The highest BCUT2D eigenvalue weighted by atomic mass is 19.4. The minimum atomic E-state index is -4.50. The molecule has 7 nitrogen and oxygen atoms in total. The van der Waals surface area contributed by atoms with Gasteiger partial charge in [-0.3, -0.25) is 4.90 Å². The third kappa shape index (κ3) is 6.31. The summed E-state index contributed by atoms with van der Waals surface area (Å²) in [6.07, 6.45) is -5.83. The van der Waals surface area contributed by atoms with Crippen LogP contribution in [-0.4, -0.2) is 37.2 Å². The van der Waals surface area contributed by atoms with Crippen LogP contribution in [0.3, 0.4) is 0 Å². The number of aryl methyl sites for hydroxylation is 2. The van der Waals surface area contributed by atoms with E-state index in [1.54, 1.807) is 38.3 Å². The van der Waals surface area contributed by atoms with Crippen LogP contribution in [0.25, 0.3) is 22.3 Å². The first-order chi connectivity index (χ1) is 21.3. The Labute approximate surface area is 259 Å². The quantitative estimate of drug-likeness (QED) is 0.166. The number of nitrogens with two attached hydrogens (primary N) is 1. The Hall–Kier alpha value is -4.99. The van der Waals surface area contributed by atoms with Crippen molar-refractivity contribution in [3.05, 3.63) is 106 Å². The number of nitrogen functional groups attached to an aromatic ring is 1. The number of anilines is 1. The SMILES string of the molecule is COC(=O)c1ccc(-c2ccc(OC)c(-c3ccc(C)cc3C3OC(=O)N(Cc4cc(C)cc(C(F)(F)F)c4)[C@@H]3C)c2)c(N)c1. The van der Waals surface area contributed by atoms with Crippen molar-refractivity contribution in [2.24, 2.45) is 0 Å². The average molecular weight is 619 g/mol. The molecule has 1 fully saturated rings. The molecule has 4 aromatic rings. The number of cyclic esters (lactones) is 1. The summed E-state index contributed by atoms with van der Waals surface area (Å²) in [5.74, 6) is 0.0762. The molecule has 45 heavy (non-hydrogen) atoms. The highest BCUT2D eigenvalue weighted by Crippen LogP contribution is 2.43. The first-order valence-corrected chi connectivity index (χ1v) is 14.2. The van der Waals surface area contributed by atoms with E-state index in [9.17, 15) is 22.8 Å². The minimum Gasteiger partial charge on any atom is -0.496 e. The summed E-state index contributed by atoms with van der Waals surface area (Å²) >= 11 is 0. The van der Waals surface area contributed by atoms with E-state index in [4.69, 9.17) is 19.9 Å². The molecule has 0 spiro atoms. The number of carbonyl (C=O) groups is 2. The second-order valence-electron chi connectivity index (χ2n) is 11.2. The number of carbonyl (C=O) groups excluding carboxylic acids is 2. The first kappa shape index (κ1) is 31.4. The molecule has 1 heterocycles. The van der Waals surface area contributed by atoms with Crippen molar-refractivity contribution in [3.8, 4) is 28.0 Å². The summed E-state index contributed by atoms with van der Waals surface area (Å²) < 4.78 is 56.9. The summed E-state index contributed by atoms with van der Waals surface area (Å²) in [7, 11) is 2.86. The molecule has 0 aliphatic carbocycles. The maximum absolute atomic E-state index is 13.5. The van der Waals surface area contributed by atoms with Gasteiger partial charge in [-0.15, -0.1) is 0 Å². The second kappa shape index (κ2) is 12.2. The van der Waals surface area contributed by atoms with Crippen molar-refractivity contribution in [1.82, 2.24) is 4.90 Å². The highest BCUT2D eigenvalue weighted by molar-refractivity contribution is 5.93. The number of esters is 1. The molecular weight excluding hydrogens is 585 g/mol. The van der Waals surface area contributed by atoms with Crippen LogP contribution in [0.2, 0.25) is 0 Å². The fraction of sp³-hybridized carbons (Fsp3) is 0.257. The summed E-state index contributed by atoms with van der Waals surface area (Å²) in [4.78, 5) is 26.6. The summed E-state index contributed by atoms with van der Waals surface area (Å²) in [6, 6.07) is 19.6. The van der Waals surface area contributed by atoms with Crippen LogP contribution in [0.5, 0.6) is 5.75 Å². The number of amides is 1.